The van der Waals surface area contributed by atoms with Crippen LogP contribution in [0.2, 0.25) is 0 Å². The summed E-state index contributed by atoms with van der Waals surface area (Å²) in [6.45, 7) is 8.56. The zero-order valence-electron chi connectivity index (χ0n) is 10.9. The van der Waals surface area contributed by atoms with Gasteiger partial charge in [0.1, 0.15) is 6.10 Å². The van der Waals surface area contributed by atoms with Gasteiger partial charge in [0.25, 0.3) is 5.91 Å². The Morgan fingerprint density at radius 1 is 1.12 bits per heavy atom. The molecule has 1 atom stereocenters. The van der Waals surface area contributed by atoms with Crippen molar-refractivity contribution in [3.63, 3.8) is 0 Å². The third-order valence-electron chi connectivity index (χ3n) is 2.95. The maximum atomic E-state index is 12.1. The van der Waals surface area contributed by atoms with E-state index in [9.17, 15) is 4.79 Å². The molecule has 0 aromatic rings. The van der Waals surface area contributed by atoms with E-state index in [0.29, 0.717) is 12.5 Å². The van der Waals surface area contributed by atoms with Crippen molar-refractivity contribution in [2.24, 2.45) is 5.92 Å². The molecule has 1 aliphatic heterocycles. The second kappa shape index (κ2) is 6.89. The molecule has 1 saturated heterocycles. The van der Waals surface area contributed by atoms with E-state index in [-0.39, 0.29) is 12.0 Å². The van der Waals surface area contributed by atoms with Crippen LogP contribution in [0.1, 0.15) is 46.5 Å². The van der Waals surface area contributed by atoms with Crippen molar-refractivity contribution in [3.8, 4) is 0 Å². The number of hydrogen-bond acceptors (Lipinski definition) is 2. The molecule has 94 valence electrons. The lowest BCUT2D eigenvalue weighted by Crippen LogP contribution is -2.40. The minimum atomic E-state index is -0.277. The third kappa shape index (κ3) is 4.52. The molecule has 1 heterocycles. The maximum Gasteiger partial charge on any atom is 0.251 e. The summed E-state index contributed by atoms with van der Waals surface area (Å²) in [7, 11) is 0. The molecule has 16 heavy (non-hydrogen) atoms. The summed E-state index contributed by atoms with van der Waals surface area (Å²) in [4.78, 5) is 14.0. The highest BCUT2D eigenvalue weighted by Crippen LogP contribution is 2.12. The molecule has 0 aromatic carbocycles. The highest BCUT2D eigenvalue weighted by atomic mass is 16.5. The lowest BCUT2D eigenvalue weighted by Gasteiger charge is -2.24. The largest absolute Gasteiger partial charge is 0.368 e. The van der Waals surface area contributed by atoms with Crippen molar-refractivity contribution in [2.45, 2.75) is 52.6 Å². The lowest BCUT2D eigenvalue weighted by atomic mass is 10.2. The van der Waals surface area contributed by atoms with Gasteiger partial charge < -0.3 is 9.64 Å². The SMILES string of the molecule is CC(C)CO[C@H](C)C(=O)N1CCCCCC1. The smallest absolute Gasteiger partial charge is 0.251 e. The Balaban J connectivity index is 2.35. The minimum Gasteiger partial charge on any atom is -0.368 e. The Morgan fingerprint density at radius 3 is 2.19 bits per heavy atom. The van der Waals surface area contributed by atoms with Crippen molar-refractivity contribution in [1.29, 1.82) is 0 Å². The zero-order chi connectivity index (χ0) is 12.0. The fourth-order valence-electron chi connectivity index (χ4n) is 1.96. The van der Waals surface area contributed by atoms with Crippen LogP contribution in [0.4, 0.5) is 0 Å². The summed E-state index contributed by atoms with van der Waals surface area (Å²) in [6, 6.07) is 0. The van der Waals surface area contributed by atoms with Gasteiger partial charge >= 0.3 is 0 Å². The first kappa shape index (κ1) is 13.5. The summed E-state index contributed by atoms with van der Waals surface area (Å²) in [5.74, 6) is 0.655. The molecule has 3 nitrogen and oxygen atoms in total. The van der Waals surface area contributed by atoms with Crippen LogP contribution in [-0.2, 0) is 9.53 Å². The summed E-state index contributed by atoms with van der Waals surface area (Å²) in [5, 5.41) is 0. The summed E-state index contributed by atoms with van der Waals surface area (Å²) in [6.07, 6.45) is 4.52. The van der Waals surface area contributed by atoms with E-state index < -0.39 is 0 Å². The monoisotopic (exact) mass is 227 g/mol. The molecule has 0 aliphatic carbocycles. The number of rotatable bonds is 4. The summed E-state index contributed by atoms with van der Waals surface area (Å²) < 4.78 is 5.57. The molecule has 1 amide bonds. The molecule has 0 unspecified atom stereocenters. The van der Waals surface area contributed by atoms with Crippen LogP contribution in [0, 0.1) is 5.92 Å². The molecule has 0 N–H and O–H groups in total. The van der Waals surface area contributed by atoms with Crippen molar-refractivity contribution in [1.82, 2.24) is 4.90 Å². The van der Waals surface area contributed by atoms with Crippen LogP contribution in [-0.4, -0.2) is 36.6 Å². The van der Waals surface area contributed by atoms with Crippen molar-refractivity contribution in [3.05, 3.63) is 0 Å². The van der Waals surface area contributed by atoms with E-state index in [1.54, 1.807) is 0 Å². The van der Waals surface area contributed by atoms with Crippen LogP contribution in [0.15, 0.2) is 0 Å². The van der Waals surface area contributed by atoms with Gasteiger partial charge in [0, 0.05) is 19.7 Å². The molecule has 1 aliphatic rings. The first-order chi connectivity index (χ1) is 7.61. The van der Waals surface area contributed by atoms with Gasteiger partial charge in [0.15, 0.2) is 0 Å². The standard InChI is InChI=1S/C13H25NO2/c1-11(2)10-16-12(3)13(15)14-8-6-4-5-7-9-14/h11-12H,4-10H2,1-3H3/t12-/m1/s1. The molecule has 0 radical (unpaired) electrons. The number of hydrogen-bond donors (Lipinski definition) is 0. The second-order valence-electron chi connectivity index (χ2n) is 5.11. The highest BCUT2D eigenvalue weighted by molar-refractivity contribution is 5.80. The third-order valence-corrected chi connectivity index (χ3v) is 2.95. The van der Waals surface area contributed by atoms with Crippen molar-refractivity contribution < 1.29 is 9.53 Å². The number of ether oxygens (including phenoxy) is 1. The molecule has 1 fully saturated rings. The van der Waals surface area contributed by atoms with E-state index in [1.807, 2.05) is 11.8 Å². The van der Waals surface area contributed by atoms with E-state index in [2.05, 4.69) is 13.8 Å². The van der Waals surface area contributed by atoms with E-state index >= 15 is 0 Å². The Hall–Kier alpha value is -0.570. The van der Waals surface area contributed by atoms with E-state index in [4.69, 9.17) is 4.74 Å². The number of likely N-dealkylation sites (tertiary alicyclic amines) is 1. The fraction of sp³-hybridized carbons (Fsp3) is 0.923. The highest BCUT2D eigenvalue weighted by Gasteiger charge is 2.21. The van der Waals surface area contributed by atoms with Crippen LogP contribution < -0.4 is 0 Å². The summed E-state index contributed by atoms with van der Waals surface area (Å²) in [5.41, 5.74) is 0. The van der Waals surface area contributed by atoms with Gasteiger partial charge in [-0.05, 0) is 25.7 Å². The number of carbonyl (C=O) groups is 1. The summed E-state index contributed by atoms with van der Waals surface area (Å²) >= 11 is 0. The lowest BCUT2D eigenvalue weighted by molar-refractivity contribution is -0.143. The normalized spacial score (nSPS) is 19.6. The van der Waals surface area contributed by atoms with Crippen molar-refractivity contribution >= 4 is 5.91 Å². The Labute approximate surface area is 99.1 Å². The fourth-order valence-corrected chi connectivity index (χ4v) is 1.96. The van der Waals surface area contributed by atoms with Gasteiger partial charge in [-0.1, -0.05) is 26.7 Å². The number of nitrogens with zero attached hydrogens (tertiary/aromatic N) is 1. The molecular weight excluding hydrogens is 202 g/mol. The van der Waals surface area contributed by atoms with Crippen LogP contribution >= 0.6 is 0 Å². The molecule has 0 spiro atoms. The Morgan fingerprint density at radius 2 is 1.69 bits per heavy atom. The van der Waals surface area contributed by atoms with Gasteiger partial charge in [-0.3, -0.25) is 4.79 Å². The minimum absolute atomic E-state index is 0.169. The molecule has 0 aromatic heterocycles. The number of carbonyl (C=O) groups excluding carboxylic acids is 1. The average Bonchev–Trinajstić information content (AvgIpc) is 2.53. The predicted octanol–water partition coefficient (Wildman–Crippen LogP) is 2.45. The first-order valence-electron chi connectivity index (χ1n) is 6.51. The average molecular weight is 227 g/mol. The molecular formula is C13H25NO2. The molecule has 3 heteroatoms. The van der Waals surface area contributed by atoms with Crippen LogP contribution in [0.3, 0.4) is 0 Å². The molecule has 0 bridgehead atoms. The maximum absolute atomic E-state index is 12.1. The van der Waals surface area contributed by atoms with Crippen molar-refractivity contribution in [2.75, 3.05) is 19.7 Å². The van der Waals surface area contributed by atoms with Crippen LogP contribution in [0.5, 0.6) is 0 Å². The van der Waals surface area contributed by atoms with E-state index in [0.717, 1.165) is 25.9 Å². The number of amides is 1. The van der Waals surface area contributed by atoms with Gasteiger partial charge in [-0.15, -0.1) is 0 Å². The van der Waals surface area contributed by atoms with Gasteiger partial charge in [0.05, 0.1) is 0 Å². The Bertz CT molecular complexity index is 208. The quantitative estimate of drug-likeness (QED) is 0.738. The first-order valence-corrected chi connectivity index (χ1v) is 6.51. The van der Waals surface area contributed by atoms with Gasteiger partial charge in [-0.2, -0.15) is 0 Å². The van der Waals surface area contributed by atoms with Crippen LogP contribution in [0.25, 0.3) is 0 Å². The van der Waals surface area contributed by atoms with Gasteiger partial charge in [0.2, 0.25) is 0 Å². The van der Waals surface area contributed by atoms with E-state index in [1.165, 1.54) is 12.8 Å². The molecule has 1 rings (SSSR count). The second-order valence-corrected chi connectivity index (χ2v) is 5.11. The predicted molar refractivity (Wildman–Crippen MR) is 65.3 cm³/mol. The molecule has 0 saturated carbocycles. The topological polar surface area (TPSA) is 29.5 Å². The Kier molecular flexibility index (Phi) is 5.81. The van der Waals surface area contributed by atoms with Gasteiger partial charge in [-0.25, -0.2) is 0 Å². The zero-order valence-corrected chi connectivity index (χ0v) is 10.9.